The van der Waals surface area contributed by atoms with E-state index in [4.69, 9.17) is 0 Å². The Bertz CT molecular complexity index is 442. The number of rotatable bonds is 7. The lowest BCUT2D eigenvalue weighted by atomic mass is 10.1. The molecule has 0 bridgehead atoms. The molecule has 1 aromatic carbocycles. The molecule has 0 N–H and O–H groups in total. The van der Waals surface area contributed by atoms with Gasteiger partial charge in [0.15, 0.2) is 0 Å². The van der Waals surface area contributed by atoms with Gasteiger partial charge in [0.25, 0.3) is 0 Å². The highest BCUT2D eigenvalue weighted by Crippen LogP contribution is 2.25. The van der Waals surface area contributed by atoms with Gasteiger partial charge in [0, 0.05) is 5.56 Å². The van der Waals surface area contributed by atoms with E-state index in [0.29, 0.717) is 0 Å². The van der Waals surface area contributed by atoms with Crippen molar-refractivity contribution < 1.29 is 0 Å². The normalized spacial score (nSPS) is 10.8. The van der Waals surface area contributed by atoms with Crippen molar-refractivity contribution in [2.24, 2.45) is 0 Å². The molecule has 0 fully saturated rings. The summed E-state index contributed by atoms with van der Waals surface area (Å²) in [6.07, 6.45) is 5.70. The summed E-state index contributed by atoms with van der Waals surface area (Å²) in [5.41, 5.74) is 6.06. The lowest BCUT2D eigenvalue weighted by Gasteiger charge is -2.24. The van der Waals surface area contributed by atoms with Crippen LogP contribution in [0.3, 0.4) is 0 Å². The van der Waals surface area contributed by atoms with Gasteiger partial charge in [-0.05, 0) is 35.8 Å². The van der Waals surface area contributed by atoms with Crippen molar-refractivity contribution in [3.63, 3.8) is 0 Å². The lowest BCUT2D eigenvalue weighted by molar-refractivity contribution is 0.940. The van der Waals surface area contributed by atoms with Crippen LogP contribution in [-0.4, -0.2) is 8.07 Å². The molecule has 0 saturated carbocycles. The van der Waals surface area contributed by atoms with Crippen LogP contribution in [0.1, 0.15) is 51.2 Å². The van der Waals surface area contributed by atoms with Crippen LogP contribution >= 0.6 is 0 Å². The SMILES string of the molecule is C=Cc1ccc(C#C[Si](CCC)(CCC)CCC)cc1. The van der Waals surface area contributed by atoms with Gasteiger partial charge in [-0.3, -0.25) is 0 Å². The number of hydrogen-bond donors (Lipinski definition) is 0. The molecule has 0 unspecified atom stereocenters. The third-order valence-electron chi connectivity index (χ3n) is 3.80. The molecule has 0 nitrogen and oxygen atoms in total. The first-order chi connectivity index (χ1) is 9.69. The fourth-order valence-corrected chi connectivity index (χ4v) is 7.31. The van der Waals surface area contributed by atoms with Crippen molar-refractivity contribution >= 4 is 14.1 Å². The average Bonchev–Trinajstić information content (AvgIpc) is 2.46. The molecule has 1 heteroatoms. The van der Waals surface area contributed by atoms with Crippen LogP contribution in [-0.2, 0) is 0 Å². The summed E-state index contributed by atoms with van der Waals surface area (Å²) in [5.74, 6) is 3.47. The highest BCUT2D eigenvalue weighted by atomic mass is 28.3. The standard InChI is InChI=1S/C19H28Si/c1-5-14-20(15-6-2,16-7-3)17-13-19-11-9-18(8-4)10-12-19/h8-12H,4-7,14-16H2,1-3H3. The molecule has 1 aromatic rings. The molecule has 0 aromatic heterocycles. The molecule has 0 radical (unpaired) electrons. The van der Waals surface area contributed by atoms with Crippen LogP contribution in [0.5, 0.6) is 0 Å². The summed E-state index contributed by atoms with van der Waals surface area (Å²) in [6.45, 7) is 10.7. The maximum absolute atomic E-state index is 3.79. The van der Waals surface area contributed by atoms with E-state index in [0.717, 1.165) is 11.1 Å². The Morgan fingerprint density at radius 1 is 0.950 bits per heavy atom. The molecule has 1 rings (SSSR count). The number of hydrogen-bond acceptors (Lipinski definition) is 0. The first-order valence-electron chi connectivity index (χ1n) is 7.95. The quantitative estimate of drug-likeness (QED) is 0.432. The number of benzene rings is 1. The second-order valence-electron chi connectivity index (χ2n) is 5.61. The zero-order valence-corrected chi connectivity index (χ0v) is 14.3. The zero-order chi connectivity index (χ0) is 14.8. The van der Waals surface area contributed by atoms with Gasteiger partial charge in [0.05, 0.1) is 0 Å². The molecule has 0 aliphatic rings. The smallest absolute Gasteiger partial charge is 0.126 e. The van der Waals surface area contributed by atoms with Gasteiger partial charge < -0.3 is 0 Å². The van der Waals surface area contributed by atoms with E-state index in [1.54, 1.807) is 0 Å². The Labute approximate surface area is 126 Å². The lowest BCUT2D eigenvalue weighted by Crippen LogP contribution is -2.32. The van der Waals surface area contributed by atoms with Crippen LogP contribution in [0.4, 0.5) is 0 Å². The fourth-order valence-electron chi connectivity index (χ4n) is 2.91. The maximum atomic E-state index is 3.79. The Hall–Kier alpha value is -1.26. The maximum Gasteiger partial charge on any atom is 0.138 e. The monoisotopic (exact) mass is 284 g/mol. The van der Waals surface area contributed by atoms with Crippen LogP contribution in [0.2, 0.25) is 18.1 Å². The van der Waals surface area contributed by atoms with Crippen molar-refractivity contribution in [2.45, 2.75) is 58.2 Å². The Kier molecular flexibility index (Phi) is 7.40. The van der Waals surface area contributed by atoms with Crippen LogP contribution < -0.4 is 0 Å². The van der Waals surface area contributed by atoms with Crippen molar-refractivity contribution in [3.8, 4) is 11.5 Å². The van der Waals surface area contributed by atoms with Crippen molar-refractivity contribution in [3.05, 3.63) is 42.0 Å². The van der Waals surface area contributed by atoms with Gasteiger partial charge in [-0.25, -0.2) is 0 Å². The summed E-state index contributed by atoms with van der Waals surface area (Å²) in [7, 11) is -1.38. The van der Waals surface area contributed by atoms with E-state index in [1.807, 2.05) is 6.08 Å². The predicted molar refractivity (Wildman–Crippen MR) is 94.5 cm³/mol. The molecule has 0 atom stereocenters. The highest BCUT2D eigenvalue weighted by molar-refractivity contribution is 6.87. The van der Waals surface area contributed by atoms with Gasteiger partial charge in [0.1, 0.15) is 8.07 Å². The van der Waals surface area contributed by atoms with Gasteiger partial charge in [-0.2, -0.15) is 0 Å². The first-order valence-corrected chi connectivity index (χ1v) is 10.6. The third kappa shape index (κ3) is 5.02. The topological polar surface area (TPSA) is 0 Å². The van der Waals surface area contributed by atoms with Gasteiger partial charge in [-0.15, -0.1) is 5.54 Å². The zero-order valence-electron chi connectivity index (χ0n) is 13.3. The Morgan fingerprint density at radius 3 is 1.85 bits per heavy atom. The molecule has 0 amide bonds. The molecular formula is C19H28Si. The van der Waals surface area contributed by atoms with Gasteiger partial charge >= 0.3 is 0 Å². The van der Waals surface area contributed by atoms with E-state index in [2.05, 4.69) is 63.1 Å². The summed E-state index contributed by atoms with van der Waals surface area (Å²) in [5, 5.41) is 0. The Morgan fingerprint density at radius 2 is 1.45 bits per heavy atom. The molecule has 0 saturated heterocycles. The highest BCUT2D eigenvalue weighted by Gasteiger charge is 2.28. The Balaban J connectivity index is 2.97. The summed E-state index contributed by atoms with van der Waals surface area (Å²) in [6, 6.07) is 12.5. The minimum atomic E-state index is -1.38. The van der Waals surface area contributed by atoms with Gasteiger partial charge in [-0.1, -0.05) is 70.7 Å². The molecule has 0 spiro atoms. The second kappa shape index (κ2) is 8.82. The van der Waals surface area contributed by atoms with E-state index in [1.165, 1.54) is 37.4 Å². The van der Waals surface area contributed by atoms with E-state index in [-0.39, 0.29) is 0 Å². The van der Waals surface area contributed by atoms with Crippen molar-refractivity contribution in [1.29, 1.82) is 0 Å². The molecule has 20 heavy (non-hydrogen) atoms. The van der Waals surface area contributed by atoms with Gasteiger partial charge in [0.2, 0.25) is 0 Å². The fraction of sp³-hybridized carbons (Fsp3) is 0.474. The first kappa shape index (κ1) is 16.8. The molecule has 108 valence electrons. The predicted octanol–water partition coefficient (Wildman–Crippen LogP) is 5.90. The molecule has 0 aliphatic carbocycles. The summed E-state index contributed by atoms with van der Waals surface area (Å²) < 4.78 is 0. The van der Waals surface area contributed by atoms with E-state index >= 15 is 0 Å². The van der Waals surface area contributed by atoms with Crippen LogP contribution in [0.25, 0.3) is 6.08 Å². The van der Waals surface area contributed by atoms with E-state index in [9.17, 15) is 0 Å². The summed E-state index contributed by atoms with van der Waals surface area (Å²) in [4.78, 5) is 0. The molecule has 0 heterocycles. The van der Waals surface area contributed by atoms with Crippen molar-refractivity contribution in [1.82, 2.24) is 0 Å². The summed E-state index contributed by atoms with van der Waals surface area (Å²) >= 11 is 0. The minimum absolute atomic E-state index is 1.15. The third-order valence-corrected chi connectivity index (χ3v) is 8.83. The molecular weight excluding hydrogens is 256 g/mol. The van der Waals surface area contributed by atoms with Crippen molar-refractivity contribution in [2.75, 3.05) is 0 Å². The minimum Gasteiger partial charge on any atom is -0.126 e. The van der Waals surface area contributed by atoms with Crippen LogP contribution in [0, 0.1) is 11.5 Å². The average molecular weight is 285 g/mol. The van der Waals surface area contributed by atoms with E-state index < -0.39 is 8.07 Å². The largest absolute Gasteiger partial charge is 0.138 e. The molecule has 0 aliphatic heterocycles. The second-order valence-corrected chi connectivity index (χ2v) is 9.92. The van der Waals surface area contributed by atoms with Crippen LogP contribution in [0.15, 0.2) is 30.8 Å².